The van der Waals surface area contributed by atoms with Crippen molar-refractivity contribution in [2.45, 2.75) is 38.3 Å². The van der Waals surface area contributed by atoms with Crippen molar-refractivity contribution in [3.8, 4) is 11.3 Å². The lowest BCUT2D eigenvalue weighted by Gasteiger charge is -2.35. The van der Waals surface area contributed by atoms with Crippen molar-refractivity contribution in [1.29, 1.82) is 0 Å². The number of aryl methyl sites for hydroxylation is 1. The van der Waals surface area contributed by atoms with Gasteiger partial charge in [-0.3, -0.25) is 4.79 Å². The van der Waals surface area contributed by atoms with Crippen LogP contribution in [0, 0.1) is 6.92 Å². The van der Waals surface area contributed by atoms with Crippen LogP contribution in [-0.4, -0.2) is 59.5 Å². The fourth-order valence-electron chi connectivity index (χ4n) is 4.09. The molecule has 0 aliphatic carbocycles. The van der Waals surface area contributed by atoms with Gasteiger partial charge in [0.1, 0.15) is 5.82 Å². The molecule has 2 saturated heterocycles. The maximum atomic E-state index is 11.7. The van der Waals surface area contributed by atoms with Gasteiger partial charge in [-0.25, -0.2) is 9.97 Å². The van der Waals surface area contributed by atoms with Crippen LogP contribution in [0.15, 0.2) is 36.5 Å². The third-order valence-electron chi connectivity index (χ3n) is 5.59. The Balaban J connectivity index is 1.37. The predicted molar refractivity (Wildman–Crippen MR) is 107 cm³/mol. The van der Waals surface area contributed by atoms with E-state index >= 15 is 0 Å². The first-order valence-corrected chi connectivity index (χ1v) is 9.73. The van der Waals surface area contributed by atoms with Crippen molar-refractivity contribution in [3.05, 3.63) is 42.4 Å². The lowest BCUT2D eigenvalue weighted by molar-refractivity contribution is -0.126. The Bertz CT molecular complexity index is 816. The zero-order valence-corrected chi connectivity index (χ0v) is 16.1. The SMILES string of the molecule is Cc1nccc(-c2cccc(N3CCC(N[C@H]4CC(=O)N(C)C4)CC3)c2)n1. The summed E-state index contributed by atoms with van der Waals surface area (Å²) in [5.74, 6) is 1.04. The standard InChI is InChI=1S/C21H27N5O/c1-15-22-9-6-20(23-15)16-4-3-5-19(12-16)26-10-7-17(8-11-26)24-18-13-21(27)25(2)14-18/h3-6,9,12,17-18,24H,7-8,10-11,13-14H2,1-2H3/t18-/m0/s1. The van der Waals surface area contributed by atoms with Gasteiger partial charge in [0.2, 0.25) is 5.91 Å². The molecule has 6 heteroatoms. The highest BCUT2D eigenvalue weighted by atomic mass is 16.2. The van der Waals surface area contributed by atoms with E-state index in [0.29, 0.717) is 18.5 Å². The molecular weight excluding hydrogens is 338 g/mol. The maximum Gasteiger partial charge on any atom is 0.224 e. The molecule has 0 unspecified atom stereocenters. The van der Waals surface area contributed by atoms with Crippen molar-refractivity contribution in [1.82, 2.24) is 20.2 Å². The number of nitrogens with one attached hydrogen (secondary N) is 1. The number of likely N-dealkylation sites (N-methyl/N-ethyl adjacent to an activating group) is 1. The topological polar surface area (TPSA) is 61.4 Å². The Morgan fingerprint density at radius 3 is 2.67 bits per heavy atom. The van der Waals surface area contributed by atoms with Crippen LogP contribution < -0.4 is 10.2 Å². The van der Waals surface area contributed by atoms with Crippen LogP contribution in [0.25, 0.3) is 11.3 Å². The number of rotatable bonds is 4. The van der Waals surface area contributed by atoms with E-state index in [2.05, 4.69) is 44.5 Å². The molecule has 0 spiro atoms. The number of carbonyl (C=O) groups excluding carboxylic acids is 1. The van der Waals surface area contributed by atoms with E-state index in [1.165, 1.54) is 5.69 Å². The van der Waals surface area contributed by atoms with Gasteiger partial charge >= 0.3 is 0 Å². The number of amides is 1. The number of hydrogen-bond donors (Lipinski definition) is 1. The minimum absolute atomic E-state index is 0.252. The van der Waals surface area contributed by atoms with Crippen LogP contribution in [0.3, 0.4) is 0 Å². The second-order valence-corrected chi connectivity index (χ2v) is 7.64. The third-order valence-corrected chi connectivity index (χ3v) is 5.59. The van der Waals surface area contributed by atoms with Crippen molar-refractivity contribution < 1.29 is 4.79 Å². The third kappa shape index (κ3) is 4.11. The molecule has 2 aliphatic rings. The molecule has 3 heterocycles. The highest BCUT2D eigenvalue weighted by molar-refractivity contribution is 5.78. The minimum atomic E-state index is 0.252. The van der Waals surface area contributed by atoms with Gasteiger partial charge < -0.3 is 15.1 Å². The van der Waals surface area contributed by atoms with Crippen LogP contribution >= 0.6 is 0 Å². The summed E-state index contributed by atoms with van der Waals surface area (Å²) in [7, 11) is 1.89. The van der Waals surface area contributed by atoms with Gasteiger partial charge in [-0.15, -0.1) is 0 Å². The van der Waals surface area contributed by atoms with E-state index < -0.39 is 0 Å². The summed E-state index contributed by atoms with van der Waals surface area (Å²) in [5, 5.41) is 3.69. The average Bonchev–Trinajstić information content (AvgIpc) is 2.99. The maximum absolute atomic E-state index is 11.7. The molecule has 27 heavy (non-hydrogen) atoms. The van der Waals surface area contributed by atoms with E-state index in [0.717, 1.165) is 49.6 Å². The van der Waals surface area contributed by atoms with Gasteiger partial charge in [-0.2, -0.15) is 0 Å². The quantitative estimate of drug-likeness (QED) is 0.900. The van der Waals surface area contributed by atoms with Crippen LogP contribution in [0.5, 0.6) is 0 Å². The Kier molecular flexibility index (Phi) is 5.07. The molecule has 1 aromatic carbocycles. The van der Waals surface area contributed by atoms with Crippen LogP contribution in [0.4, 0.5) is 5.69 Å². The molecule has 1 atom stereocenters. The first-order chi connectivity index (χ1) is 13.1. The molecule has 4 rings (SSSR count). The number of benzene rings is 1. The highest BCUT2D eigenvalue weighted by Gasteiger charge is 2.29. The van der Waals surface area contributed by atoms with E-state index in [-0.39, 0.29) is 5.91 Å². The summed E-state index contributed by atoms with van der Waals surface area (Å²) in [5.41, 5.74) is 3.35. The number of aromatic nitrogens is 2. The van der Waals surface area contributed by atoms with E-state index in [9.17, 15) is 4.79 Å². The largest absolute Gasteiger partial charge is 0.371 e. The van der Waals surface area contributed by atoms with Crippen molar-refractivity contribution >= 4 is 11.6 Å². The predicted octanol–water partition coefficient (Wildman–Crippen LogP) is 2.24. The molecule has 2 aliphatic heterocycles. The van der Waals surface area contributed by atoms with Crippen molar-refractivity contribution in [3.63, 3.8) is 0 Å². The van der Waals surface area contributed by atoms with Gasteiger partial charge in [-0.05, 0) is 38.0 Å². The summed E-state index contributed by atoms with van der Waals surface area (Å²) in [6.45, 7) is 4.81. The number of piperidine rings is 1. The summed E-state index contributed by atoms with van der Waals surface area (Å²) in [6, 6.07) is 11.4. The van der Waals surface area contributed by atoms with Crippen molar-refractivity contribution in [2.75, 3.05) is 31.6 Å². The van der Waals surface area contributed by atoms with Crippen LogP contribution in [-0.2, 0) is 4.79 Å². The highest BCUT2D eigenvalue weighted by Crippen LogP contribution is 2.26. The van der Waals surface area contributed by atoms with Gasteiger partial charge in [0, 0.05) is 62.6 Å². The molecular formula is C21H27N5O. The average molecular weight is 365 g/mol. The molecule has 0 saturated carbocycles. The zero-order valence-electron chi connectivity index (χ0n) is 16.1. The Labute approximate surface area is 160 Å². The molecule has 0 radical (unpaired) electrons. The van der Waals surface area contributed by atoms with Gasteiger partial charge in [0.15, 0.2) is 0 Å². The van der Waals surface area contributed by atoms with Crippen molar-refractivity contribution in [2.24, 2.45) is 0 Å². The Morgan fingerprint density at radius 2 is 1.96 bits per heavy atom. The second kappa shape index (κ2) is 7.64. The minimum Gasteiger partial charge on any atom is -0.371 e. The number of carbonyl (C=O) groups is 1. The Morgan fingerprint density at radius 1 is 1.15 bits per heavy atom. The monoisotopic (exact) mass is 365 g/mol. The van der Waals surface area contributed by atoms with E-state index in [1.54, 1.807) is 0 Å². The number of likely N-dealkylation sites (tertiary alicyclic amines) is 1. The molecule has 2 aromatic rings. The number of hydrogen-bond acceptors (Lipinski definition) is 5. The van der Waals surface area contributed by atoms with E-state index in [1.807, 2.05) is 31.1 Å². The van der Waals surface area contributed by atoms with Gasteiger partial charge in [0.25, 0.3) is 0 Å². The van der Waals surface area contributed by atoms with Crippen LogP contribution in [0.2, 0.25) is 0 Å². The first-order valence-electron chi connectivity index (χ1n) is 9.73. The number of nitrogens with zero attached hydrogens (tertiary/aromatic N) is 4. The molecule has 142 valence electrons. The number of anilines is 1. The summed E-state index contributed by atoms with van der Waals surface area (Å²) in [6.07, 6.45) is 4.65. The lowest BCUT2D eigenvalue weighted by atomic mass is 10.0. The molecule has 1 aromatic heterocycles. The summed E-state index contributed by atoms with van der Waals surface area (Å²) >= 11 is 0. The molecule has 2 fully saturated rings. The van der Waals surface area contributed by atoms with Gasteiger partial charge in [0.05, 0.1) is 5.69 Å². The molecule has 0 bridgehead atoms. The lowest BCUT2D eigenvalue weighted by Crippen LogP contribution is -2.47. The molecule has 1 N–H and O–H groups in total. The zero-order chi connectivity index (χ0) is 18.8. The summed E-state index contributed by atoms with van der Waals surface area (Å²) < 4.78 is 0. The smallest absolute Gasteiger partial charge is 0.224 e. The van der Waals surface area contributed by atoms with E-state index in [4.69, 9.17) is 0 Å². The normalized spacial score (nSPS) is 21.1. The fraction of sp³-hybridized carbons (Fsp3) is 0.476. The molecule has 1 amide bonds. The first kappa shape index (κ1) is 17.9. The van der Waals surface area contributed by atoms with Crippen LogP contribution in [0.1, 0.15) is 25.1 Å². The second-order valence-electron chi connectivity index (χ2n) is 7.64. The van der Waals surface area contributed by atoms with Gasteiger partial charge in [-0.1, -0.05) is 12.1 Å². The fourth-order valence-corrected chi connectivity index (χ4v) is 4.09. The Hall–Kier alpha value is -2.47. The molecule has 6 nitrogen and oxygen atoms in total. The summed E-state index contributed by atoms with van der Waals surface area (Å²) in [4.78, 5) is 24.7.